The van der Waals surface area contributed by atoms with Crippen LogP contribution in [-0.4, -0.2) is 26.8 Å². The van der Waals surface area contributed by atoms with Crippen LogP contribution in [0.3, 0.4) is 0 Å². The first kappa shape index (κ1) is 20.9. The highest BCUT2D eigenvalue weighted by atomic mass is 16.6. The first-order chi connectivity index (χ1) is 14.7. The smallest absolute Gasteiger partial charge is 0.271 e. The van der Waals surface area contributed by atoms with Crippen molar-refractivity contribution in [2.45, 2.75) is 0 Å². The van der Waals surface area contributed by atoms with Crippen molar-refractivity contribution >= 4 is 34.6 Å². The monoisotopic (exact) mass is 422 g/mol. The van der Waals surface area contributed by atoms with Crippen LogP contribution in [0.25, 0.3) is 0 Å². The zero-order chi connectivity index (χ0) is 22.7. The second kappa shape index (κ2) is 8.29. The van der Waals surface area contributed by atoms with Crippen LogP contribution in [0.2, 0.25) is 0 Å². The number of phenols is 1. The SMILES string of the molecule is NC(=O)c1cc(O)cc(C(=O)N(c2cccc([N+](=O)[O-])c2)c2cccc([N+](=O)[O-])c2)c1. The molecule has 0 aliphatic rings. The topological polar surface area (TPSA) is 170 Å². The number of anilines is 2. The summed E-state index contributed by atoms with van der Waals surface area (Å²) in [4.78, 5) is 46.9. The fourth-order valence-electron chi connectivity index (χ4n) is 2.88. The minimum Gasteiger partial charge on any atom is -0.508 e. The Kier molecular flexibility index (Phi) is 5.59. The number of aromatic hydroxyl groups is 1. The number of carbonyl (C=O) groups is 2. The minimum atomic E-state index is -0.887. The molecule has 0 saturated carbocycles. The maximum atomic E-state index is 13.4. The van der Waals surface area contributed by atoms with Crippen LogP contribution in [0.5, 0.6) is 5.75 Å². The number of hydrogen-bond acceptors (Lipinski definition) is 7. The Bertz CT molecular complexity index is 1170. The Hall–Kier alpha value is -4.80. The maximum Gasteiger partial charge on any atom is 0.271 e. The van der Waals surface area contributed by atoms with Gasteiger partial charge in [0.1, 0.15) is 5.75 Å². The second-order valence-electron chi connectivity index (χ2n) is 6.33. The predicted octanol–water partition coefficient (Wildman–Crippen LogP) is 3.29. The van der Waals surface area contributed by atoms with Crippen molar-refractivity contribution < 1.29 is 24.5 Å². The molecule has 0 aromatic heterocycles. The lowest BCUT2D eigenvalue weighted by molar-refractivity contribution is -0.384. The Morgan fingerprint density at radius 3 is 1.74 bits per heavy atom. The third-order valence-corrected chi connectivity index (χ3v) is 4.25. The summed E-state index contributed by atoms with van der Waals surface area (Å²) in [6.45, 7) is 0. The summed E-state index contributed by atoms with van der Waals surface area (Å²) in [6, 6.07) is 13.5. The van der Waals surface area contributed by atoms with Crippen LogP contribution in [-0.2, 0) is 0 Å². The Morgan fingerprint density at radius 2 is 1.29 bits per heavy atom. The largest absolute Gasteiger partial charge is 0.508 e. The van der Waals surface area contributed by atoms with Gasteiger partial charge in [0.15, 0.2) is 0 Å². The molecule has 3 aromatic rings. The summed E-state index contributed by atoms with van der Waals surface area (Å²) >= 11 is 0. The van der Waals surface area contributed by atoms with Crippen LogP contribution in [0.1, 0.15) is 20.7 Å². The average Bonchev–Trinajstić information content (AvgIpc) is 2.73. The van der Waals surface area contributed by atoms with E-state index < -0.39 is 27.4 Å². The van der Waals surface area contributed by atoms with E-state index in [1.54, 1.807) is 0 Å². The van der Waals surface area contributed by atoms with Gasteiger partial charge in [0, 0.05) is 35.4 Å². The molecule has 0 radical (unpaired) electrons. The number of carbonyl (C=O) groups excluding carboxylic acids is 2. The van der Waals surface area contributed by atoms with Crippen molar-refractivity contribution in [1.82, 2.24) is 0 Å². The molecule has 2 amide bonds. The molecule has 156 valence electrons. The van der Waals surface area contributed by atoms with E-state index in [9.17, 15) is 34.9 Å². The van der Waals surface area contributed by atoms with Crippen molar-refractivity contribution in [3.8, 4) is 5.75 Å². The molecule has 31 heavy (non-hydrogen) atoms. The third kappa shape index (κ3) is 4.45. The van der Waals surface area contributed by atoms with Crippen LogP contribution < -0.4 is 10.6 Å². The van der Waals surface area contributed by atoms with E-state index in [1.807, 2.05) is 0 Å². The molecule has 0 unspecified atom stereocenters. The summed E-state index contributed by atoms with van der Waals surface area (Å²) < 4.78 is 0. The molecule has 0 fully saturated rings. The van der Waals surface area contributed by atoms with Gasteiger partial charge in [-0.05, 0) is 30.3 Å². The number of phenolic OH excluding ortho intramolecular Hbond substituents is 1. The molecule has 3 rings (SSSR count). The molecule has 11 heteroatoms. The first-order valence-electron chi connectivity index (χ1n) is 8.64. The summed E-state index contributed by atoms with van der Waals surface area (Å²) in [5.74, 6) is -2.10. The Balaban J connectivity index is 2.21. The van der Waals surface area contributed by atoms with Gasteiger partial charge < -0.3 is 10.8 Å². The average molecular weight is 422 g/mol. The van der Waals surface area contributed by atoms with Gasteiger partial charge in [0.05, 0.1) is 21.2 Å². The van der Waals surface area contributed by atoms with Gasteiger partial charge in [-0.25, -0.2) is 0 Å². The van der Waals surface area contributed by atoms with E-state index >= 15 is 0 Å². The highest BCUT2D eigenvalue weighted by molar-refractivity contribution is 6.12. The van der Waals surface area contributed by atoms with Gasteiger partial charge in [0.2, 0.25) is 5.91 Å². The molecule has 3 N–H and O–H groups in total. The molecule has 0 heterocycles. The summed E-state index contributed by atoms with van der Waals surface area (Å²) in [5.41, 5.74) is 4.40. The number of nitrogens with zero attached hydrogens (tertiary/aromatic N) is 3. The molecular formula is C20H14N4O7. The number of nitro benzene ring substituents is 2. The number of rotatable bonds is 6. The van der Waals surface area contributed by atoms with Gasteiger partial charge in [-0.3, -0.25) is 34.7 Å². The quantitative estimate of drug-likeness (QED) is 0.453. The fraction of sp³-hybridized carbons (Fsp3) is 0. The molecule has 0 atom stereocenters. The van der Waals surface area contributed by atoms with Crippen molar-refractivity contribution in [2.75, 3.05) is 4.90 Å². The molecule has 0 spiro atoms. The van der Waals surface area contributed by atoms with E-state index in [-0.39, 0.29) is 33.9 Å². The zero-order valence-corrected chi connectivity index (χ0v) is 15.7. The number of amides is 2. The predicted molar refractivity (Wildman–Crippen MR) is 109 cm³/mol. The molecule has 0 saturated heterocycles. The summed E-state index contributed by atoms with van der Waals surface area (Å²) in [6.07, 6.45) is 0. The zero-order valence-electron chi connectivity index (χ0n) is 15.7. The number of nitrogens with two attached hydrogens (primary N) is 1. The lowest BCUT2D eigenvalue weighted by atomic mass is 10.1. The van der Waals surface area contributed by atoms with Crippen molar-refractivity contribution in [1.29, 1.82) is 0 Å². The maximum absolute atomic E-state index is 13.4. The normalized spacial score (nSPS) is 10.3. The number of hydrogen-bond donors (Lipinski definition) is 2. The second-order valence-corrected chi connectivity index (χ2v) is 6.33. The fourth-order valence-corrected chi connectivity index (χ4v) is 2.88. The summed E-state index contributed by atoms with van der Waals surface area (Å²) in [5, 5.41) is 32.3. The van der Waals surface area contributed by atoms with E-state index in [0.29, 0.717) is 0 Å². The van der Waals surface area contributed by atoms with Crippen LogP contribution >= 0.6 is 0 Å². The first-order valence-corrected chi connectivity index (χ1v) is 8.64. The number of primary amides is 1. The lowest BCUT2D eigenvalue weighted by Crippen LogP contribution is -2.26. The highest BCUT2D eigenvalue weighted by Crippen LogP contribution is 2.32. The van der Waals surface area contributed by atoms with Crippen molar-refractivity contribution in [3.05, 3.63) is 98.1 Å². The van der Waals surface area contributed by atoms with Gasteiger partial charge in [-0.1, -0.05) is 12.1 Å². The Labute approximate surface area is 174 Å². The molecule has 0 bridgehead atoms. The standard InChI is InChI=1S/C20H14N4O7/c21-19(26)12-7-13(9-18(25)8-12)20(27)22(14-3-1-5-16(10-14)23(28)29)15-4-2-6-17(11-15)24(30)31/h1-11,25H,(H2,21,26). The van der Waals surface area contributed by atoms with Crippen molar-refractivity contribution in [2.24, 2.45) is 5.73 Å². The van der Waals surface area contributed by atoms with E-state index in [2.05, 4.69) is 0 Å². The summed E-state index contributed by atoms with van der Waals surface area (Å²) in [7, 11) is 0. The van der Waals surface area contributed by atoms with Crippen LogP contribution in [0.15, 0.2) is 66.7 Å². The van der Waals surface area contributed by atoms with Crippen LogP contribution in [0, 0.1) is 20.2 Å². The number of nitro groups is 2. The number of benzene rings is 3. The highest BCUT2D eigenvalue weighted by Gasteiger charge is 2.24. The van der Waals surface area contributed by atoms with E-state index in [1.165, 1.54) is 36.4 Å². The van der Waals surface area contributed by atoms with E-state index in [4.69, 9.17) is 5.73 Å². The van der Waals surface area contributed by atoms with Gasteiger partial charge in [-0.15, -0.1) is 0 Å². The van der Waals surface area contributed by atoms with Gasteiger partial charge >= 0.3 is 0 Å². The van der Waals surface area contributed by atoms with Crippen molar-refractivity contribution in [3.63, 3.8) is 0 Å². The molecular weight excluding hydrogens is 408 g/mol. The molecule has 11 nitrogen and oxygen atoms in total. The lowest BCUT2D eigenvalue weighted by Gasteiger charge is -2.23. The van der Waals surface area contributed by atoms with Gasteiger partial charge in [0.25, 0.3) is 17.3 Å². The van der Waals surface area contributed by atoms with Gasteiger partial charge in [-0.2, -0.15) is 0 Å². The minimum absolute atomic E-state index is 0.0451. The van der Waals surface area contributed by atoms with Crippen LogP contribution in [0.4, 0.5) is 22.7 Å². The molecule has 0 aliphatic carbocycles. The van der Waals surface area contributed by atoms with E-state index in [0.717, 1.165) is 35.2 Å². The molecule has 0 aliphatic heterocycles. The third-order valence-electron chi connectivity index (χ3n) is 4.25. The molecule has 3 aromatic carbocycles. The Morgan fingerprint density at radius 1 is 0.806 bits per heavy atom. The number of non-ortho nitro benzene ring substituents is 2.